The van der Waals surface area contributed by atoms with Crippen molar-refractivity contribution in [2.75, 3.05) is 26.2 Å². The molecule has 2 fully saturated rings. The highest BCUT2D eigenvalue weighted by Gasteiger charge is 2.53. The standard InChI is InChI=1S/C18H26BFN2O3S/c1-12(15(20)19-24-17(2,3)18(4,5)25-19)13-6-7-14(26-13)16(23)22-10-8-21-9-11-22/h6-7,21H,8-11H2,1-5H3. The Balaban J connectivity index is 1.78. The lowest BCUT2D eigenvalue weighted by molar-refractivity contribution is 0.00578. The van der Waals surface area contributed by atoms with Gasteiger partial charge in [-0.3, -0.25) is 4.79 Å². The molecule has 0 saturated carbocycles. The van der Waals surface area contributed by atoms with Gasteiger partial charge >= 0.3 is 7.12 Å². The summed E-state index contributed by atoms with van der Waals surface area (Å²) in [6, 6.07) is 3.56. The third-order valence-corrected chi connectivity index (χ3v) is 6.60. The molecule has 0 bridgehead atoms. The first kappa shape index (κ1) is 19.5. The molecule has 0 aromatic carbocycles. The molecule has 8 heteroatoms. The van der Waals surface area contributed by atoms with Gasteiger partial charge in [0.15, 0.2) is 0 Å². The summed E-state index contributed by atoms with van der Waals surface area (Å²) in [6.45, 7) is 12.3. The zero-order chi connectivity index (χ0) is 19.1. The summed E-state index contributed by atoms with van der Waals surface area (Å²) in [7, 11) is -1.02. The molecule has 0 unspecified atom stereocenters. The number of hydrogen-bond donors (Lipinski definition) is 1. The van der Waals surface area contributed by atoms with Crippen LogP contribution in [0.15, 0.2) is 17.9 Å². The van der Waals surface area contributed by atoms with E-state index in [0.29, 0.717) is 23.5 Å². The summed E-state index contributed by atoms with van der Waals surface area (Å²) in [5, 5.41) is 3.23. The maximum Gasteiger partial charge on any atom is 0.525 e. The molecule has 2 saturated heterocycles. The van der Waals surface area contributed by atoms with E-state index in [1.165, 1.54) is 11.3 Å². The van der Waals surface area contributed by atoms with Crippen molar-refractivity contribution in [3.8, 4) is 0 Å². The van der Waals surface area contributed by atoms with Crippen LogP contribution in [-0.4, -0.2) is 55.3 Å². The van der Waals surface area contributed by atoms with Gasteiger partial charge in [-0.15, -0.1) is 11.3 Å². The molecule has 1 aromatic heterocycles. The zero-order valence-corrected chi connectivity index (χ0v) is 16.8. The molecule has 26 heavy (non-hydrogen) atoms. The summed E-state index contributed by atoms with van der Waals surface area (Å²) in [5.41, 5.74) is -1.16. The van der Waals surface area contributed by atoms with Gasteiger partial charge in [-0.25, -0.2) is 4.39 Å². The summed E-state index contributed by atoms with van der Waals surface area (Å²) in [4.78, 5) is 15.8. The average molecular weight is 380 g/mol. The van der Waals surface area contributed by atoms with Crippen LogP contribution in [0.25, 0.3) is 5.57 Å². The monoisotopic (exact) mass is 380 g/mol. The Labute approximate surface area is 158 Å². The predicted molar refractivity (Wildman–Crippen MR) is 103 cm³/mol. The second kappa shape index (κ2) is 7.07. The fourth-order valence-electron chi connectivity index (χ4n) is 2.92. The Morgan fingerprint density at radius 1 is 1.15 bits per heavy atom. The van der Waals surface area contributed by atoms with Crippen LogP contribution in [0.1, 0.15) is 49.2 Å². The molecule has 5 nitrogen and oxygen atoms in total. The van der Waals surface area contributed by atoms with Crippen LogP contribution in [0.3, 0.4) is 0 Å². The number of rotatable bonds is 3. The van der Waals surface area contributed by atoms with Crippen molar-refractivity contribution >= 4 is 29.9 Å². The maximum absolute atomic E-state index is 15.0. The molecule has 142 valence electrons. The molecule has 1 amide bonds. The van der Waals surface area contributed by atoms with Crippen molar-refractivity contribution in [1.29, 1.82) is 0 Å². The number of hydrogen-bond acceptors (Lipinski definition) is 5. The Morgan fingerprint density at radius 3 is 2.27 bits per heavy atom. The smallest absolute Gasteiger partial charge is 0.398 e. The van der Waals surface area contributed by atoms with Gasteiger partial charge in [0, 0.05) is 31.1 Å². The fraction of sp³-hybridized carbons (Fsp3) is 0.611. The molecule has 2 aliphatic rings. The highest BCUT2D eigenvalue weighted by Crippen LogP contribution is 2.40. The van der Waals surface area contributed by atoms with E-state index in [-0.39, 0.29) is 5.91 Å². The van der Waals surface area contributed by atoms with Crippen LogP contribution in [-0.2, 0) is 9.31 Å². The second-order valence-electron chi connectivity index (χ2n) is 7.77. The van der Waals surface area contributed by atoms with E-state index in [4.69, 9.17) is 9.31 Å². The minimum atomic E-state index is -1.02. The van der Waals surface area contributed by atoms with Crippen LogP contribution < -0.4 is 5.32 Å². The lowest BCUT2D eigenvalue weighted by Crippen LogP contribution is -2.46. The van der Waals surface area contributed by atoms with E-state index in [1.54, 1.807) is 19.1 Å². The number of thiophene rings is 1. The number of nitrogens with zero attached hydrogens (tertiary/aromatic N) is 1. The molecule has 3 rings (SSSR count). The second-order valence-corrected chi connectivity index (χ2v) is 8.85. The SMILES string of the molecule is CC(=C(F)B1OC(C)(C)C(C)(C)O1)c1ccc(C(=O)N2CCNCC2)s1. The van der Waals surface area contributed by atoms with Gasteiger partial charge in [0.2, 0.25) is 0 Å². The summed E-state index contributed by atoms with van der Waals surface area (Å²) < 4.78 is 26.5. The lowest BCUT2D eigenvalue weighted by atomic mass is 9.84. The number of carbonyl (C=O) groups excluding carboxylic acids is 1. The zero-order valence-electron chi connectivity index (χ0n) is 16.0. The lowest BCUT2D eigenvalue weighted by Gasteiger charge is -2.32. The third kappa shape index (κ3) is 3.60. The number of amides is 1. The summed E-state index contributed by atoms with van der Waals surface area (Å²) >= 11 is 1.31. The van der Waals surface area contributed by atoms with Crippen LogP contribution in [0.5, 0.6) is 0 Å². The predicted octanol–water partition coefficient (Wildman–Crippen LogP) is 3.13. The van der Waals surface area contributed by atoms with Crippen molar-refractivity contribution in [1.82, 2.24) is 10.2 Å². The summed E-state index contributed by atoms with van der Waals surface area (Å²) in [6.07, 6.45) is 0. The van der Waals surface area contributed by atoms with E-state index in [0.717, 1.165) is 18.0 Å². The molecule has 0 spiro atoms. The van der Waals surface area contributed by atoms with E-state index >= 15 is 0 Å². The molecule has 2 aliphatic heterocycles. The normalized spacial score (nSPS) is 23.2. The van der Waals surface area contributed by atoms with E-state index in [1.807, 2.05) is 32.6 Å². The van der Waals surface area contributed by atoms with Gasteiger partial charge in [-0.05, 0) is 52.3 Å². The van der Waals surface area contributed by atoms with E-state index in [9.17, 15) is 9.18 Å². The van der Waals surface area contributed by atoms with Crippen LogP contribution in [0.2, 0.25) is 0 Å². The first-order valence-electron chi connectivity index (χ1n) is 8.94. The Bertz CT molecular complexity index is 710. The largest absolute Gasteiger partial charge is 0.525 e. The molecule has 3 heterocycles. The molecular weight excluding hydrogens is 354 g/mol. The molecule has 1 N–H and O–H groups in total. The van der Waals surface area contributed by atoms with Gasteiger partial charge < -0.3 is 19.5 Å². The maximum atomic E-state index is 15.0. The topological polar surface area (TPSA) is 50.8 Å². The van der Waals surface area contributed by atoms with Crippen LogP contribution in [0, 0.1) is 0 Å². The highest BCUT2D eigenvalue weighted by atomic mass is 32.1. The first-order chi connectivity index (χ1) is 12.1. The number of piperazine rings is 1. The Morgan fingerprint density at radius 2 is 1.69 bits per heavy atom. The molecule has 1 aromatic rings. The molecule has 0 atom stereocenters. The minimum Gasteiger partial charge on any atom is -0.398 e. The molecular formula is C18H26BFN2O3S. The molecule has 0 radical (unpaired) electrons. The Kier molecular flexibility index (Phi) is 5.32. The van der Waals surface area contributed by atoms with Gasteiger partial charge in [0.1, 0.15) is 5.73 Å². The van der Waals surface area contributed by atoms with E-state index < -0.39 is 24.0 Å². The van der Waals surface area contributed by atoms with Crippen molar-refractivity contribution < 1.29 is 18.5 Å². The van der Waals surface area contributed by atoms with Gasteiger partial charge in [-0.2, -0.15) is 0 Å². The van der Waals surface area contributed by atoms with E-state index in [2.05, 4.69) is 5.32 Å². The Hall–Kier alpha value is -1.22. The van der Waals surface area contributed by atoms with Crippen molar-refractivity contribution in [2.24, 2.45) is 0 Å². The van der Waals surface area contributed by atoms with Crippen molar-refractivity contribution in [2.45, 2.75) is 45.8 Å². The molecule has 0 aliphatic carbocycles. The van der Waals surface area contributed by atoms with Crippen molar-refractivity contribution in [3.05, 3.63) is 27.6 Å². The van der Waals surface area contributed by atoms with Crippen molar-refractivity contribution in [3.63, 3.8) is 0 Å². The number of halogens is 1. The average Bonchev–Trinajstić information content (AvgIpc) is 3.16. The number of carbonyl (C=O) groups is 1. The first-order valence-corrected chi connectivity index (χ1v) is 9.76. The quantitative estimate of drug-likeness (QED) is 0.819. The third-order valence-electron chi connectivity index (χ3n) is 5.41. The fourth-order valence-corrected chi connectivity index (χ4v) is 3.90. The number of allylic oxidation sites excluding steroid dienone is 1. The van der Waals surface area contributed by atoms with Crippen LogP contribution in [0.4, 0.5) is 4.39 Å². The summed E-state index contributed by atoms with van der Waals surface area (Å²) in [5.74, 6) is 0.00610. The van der Waals surface area contributed by atoms with Crippen LogP contribution >= 0.6 is 11.3 Å². The van der Waals surface area contributed by atoms with Gasteiger partial charge in [0.05, 0.1) is 16.1 Å². The minimum absolute atomic E-state index is 0.00610. The number of nitrogens with one attached hydrogen (secondary N) is 1. The highest BCUT2D eigenvalue weighted by molar-refractivity contribution is 7.15. The van der Waals surface area contributed by atoms with Gasteiger partial charge in [-0.1, -0.05) is 0 Å². The van der Waals surface area contributed by atoms with Gasteiger partial charge in [0.25, 0.3) is 5.91 Å².